The summed E-state index contributed by atoms with van der Waals surface area (Å²) in [5.41, 5.74) is 1.85. The van der Waals surface area contributed by atoms with Gasteiger partial charge in [-0.15, -0.1) is 0 Å². The van der Waals surface area contributed by atoms with Gasteiger partial charge in [-0.2, -0.15) is 4.98 Å². The highest BCUT2D eigenvalue weighted by molar-refractivity contribution is 5.88. The highest BCUT2D eigenvalue weighted by Gasteiger charge is 2.03. The second-order valence-corrected chi connectivity index (χ2v) is 3.78. The first-order valence-electron chi connectivity index (χ1n) is 5.29. The van der Waals surface area contributed by atoms with Gasteiger partial charge in [0.1, 0.15) is 0 Å². The van der Waals surface area contributed by atoms with E-state index in [9.17, 15) is 4.79 Å². The molecule has 1 heterocycles. The quantitative estimate of drug-likeness (QED) is 0.876. The molecule has 2 rings (SSSR count). The maximum absolute atomic E-state index is 10.8. The number of hydrogen-bond acceptors (Lipinski definition) is 4. The minimum atomic E-state index is -0.0773. The zero-order chi connectivity index (χ0) is 12.3. The first-order valence-corrected chi connectivity index (χ1v) is 5.29. The predicted octanol–water partition coefficient (Wildman–Crippen LogP) is 1.93. The minimum Gasteiger partial charge on any atom is -0.340 e. The SMILES string of the molecule is CC(=O)Nc1ccc(Cc2noc(C)n2)cc1. The zero-order valence-electron chi connectivity index (χ0n) is 9.73. The fourth-order valence-corrected chi connectivity index (χ4v) is 1.50. The van der Waals surface area contributed by atoms with E-state index < -0.39 is 0 Å². The maximum atomic E-state index is 10.8. The summed E-state index contributed by atoms with van der Waals surface area (Å²) in [6.45, 7) is 3.24. The topological polar surface area (TPSA) is 68.0 Å². The van der Waals surface area contributed by atoms with Crippen molar-refractivity contribution in [1.29, 1.82) is 0 Å². The van der Waals surface area contributed by atoms with Gasteiger partial charge in [0.2, 0.25) is 11.8 Å². The van der Waals surface area contributed by atoms with E-state index in [-0.39, 0.29) is 5.91 Å². The molecule has 5 nitrogen and oxygen atoms in total. The average Bonchev–Trinajstić information content (AvgIpc) is 2.66. The highest BCUT2D eigenvalue weighted by atomic mass is 16.5. The van der Waals surface area contributed by atoms with Crippen molar-refractivity contribution in [1.82, 2.24) is 10.1 Å². The van der Waals surface area contributed by atoms with E-state index in [2.05, 4.69) is 15.5 Å². The van der Waals surface area contributed by atoms with E-state index in [1.165, 1.54) is 6.92 Å². The fraction of sp³-hybridized carbons (Fsp3) is 0.250. The van der Waals surface area contributed by atoms with Crippen molar-refractivity contribution in [2.24, 2.45) is 0 Å². The number of carbonyl (C=O) groups is 1. The van der Waals surface area contributed by atoms with Gasteiger partial charge in [-0.25, -0.2) is 0 Å². The van der Waals surface area contributed by atoms with E-state index in [4.69, 9.17) is 4.52 Å². The Morgan fingerprint density at radius 1 is 1.35 bits per heavy atom. The Bertz CT molecular complexity index is 517. The number of nitrogens with zero attached hydrogens (tertiary/aromatic N) is 2. The lowest BCUT2D eigenvalue weighted by atomic mass is 10.1. The summed E-state index contributed by atoms with van der Waals surface area (Å²) in [7, 11) is 0. The Morgan fingerprint density at radius 2 is 2.06 bits per heavy atom. The van der Waals surface area contributed by atoms with Gasteiger partial charge >= 0.3 is 0 Å². The van der Waals surface area contributed by atoms with Crippen molar-refractivity contribution in [2.75, 3.05) is 5.32 Å². The molecule has 0 fully saturated rings. The number of nitrogens with one attached hydrogen (secondary N) is 1. The van der Waals surface area contributed by atoms with Crippen LogP contribution in [0.4, 0.5) is 5.69 Å². The summed E-state index contributed by atoms with van der Waals surface area (Å²) in [6.07, 6.45) is 0.623. The van der Waals surface area contributed by atoms with Crippen molar-refractivity contribution in [3.63, 3.8) is 0 Å². The van der Waals surface area contributed by atoms with Gasteiger partial charge in [0, 0.05) is 26.0 Å². The standard InChI is InChI=1S/C12H13N3O2/c1-8(16)13-11-5-3-10(4-6-11)7-12-14-9(2)17-15-12/h3-6H,7H2,1-2H3,(H,13,16). The average molecular weight is 231 g/mol. The zero-order valence-corrected chi connectivity index (χ0v) is 9.73. The summed E-state index contributed by atoms with van der Waals surface area (Å²) < 4.78 is 4.89. The van der Waals surface area contributed by atoms with Gasteiger partial charge in [0.15, 0.2) is 5.82 Å². The Hall–Kier alpha value is -2.17. The first-order chi connectivity index (χ1) is 8.13. The number of amides is 1. The molecular weight excluding hydrogens is 218 g/mol. The molecule has 0 atom stereocenters. The smallest absolute Gasteiger partial charge is 0.223 e. The Kier molecular flexibility index (Phi) is 3.18. The number of rotatable bonds is 3. The van der Waals surface area contributed by atoms with Crippen LogP contribution in [0.3, 0.4) is 0 Å². The summed E-state index contributed by atoms with van der Waals surface area (Å²) in [5.74, 6) is 1.15. The molecule has 0 aliphatic rings. The van der Waals surface area contributed by atoms with Crippen LogP contribution in [0, 0.1) is 6.92 Å². The Morgan fingerprint density at radius 3 is 2.59 bits per heavy atom. The third-order valence-corrected chi connectivity index (χ3v) is 2.21. The molecule has 1 amide bonds. The van der Waals surface area contributed by atoms with Crippen molar-refractivity contribution < 1.29 is 9.32 Å². The molecule has 88 valence electrons. The van der Waals surface area contributed by atoms with E-state index in [0.29, 0.717) is 18.1 Å². The molecule has 2 aromatic rings. The number of anilines is 1. The van der Waals surface area contributed by atoms with Gasteiger partial charge < -0.3 is 9.84 Å². The minimum absolute atomic E-state index is 0.0773. The molecule has 0 radical (unpaired) electrons. The molecule has 0 saturated heterocycles. The van der Waals surface area contributed by atoms with E-state index in [1.807, 2.05) is 24.3 Å². The van der Waals surface area contributed by atoms with Gasteiger partial charge in [-0.3, -0.25) is 4.79 Å². The van der Waals surface area contributed by atoms with Gasteiger partial charge in [0.25, 0.3) is 0 Å². The number of carbonyl (C=O) groups excluding carboxylic acids is 1. The summed E-state index contributed by atoms with van der Waals surface area (Å²) in [6, 6.07) is 7.56. The highest BCUT2D eigenvalue weighted by Crippen LogP contribution is 2.12. The molecule has 5 heteroatoms. The molecule has 17 heavy (non-hydrogen) atoms. The summed E-state index contributed by atoms with van der Waals surface area (Å²) >= 11 is 0. The van der Waals surface area contributed by atoms with Crippen LogP contribution in [-0.2, 0) is 11.2 Å². The van der Waals surface area contributed by atoms with Crippen molar-refractivity contribution in [3.05, 3.63) is 41.5 Å². The molecule has 0 saturated carbocycles. The largest absolute Gasteiger partial charge is 0.340 e. The molecule has 0 aliphatic heterocycles. The van der Waals surface area contributed by atoms with Crippen LogP contribution in [0.1, 0.15) is 24.2 Å². The van der Waals surface area contributed by atoms with Crippen molar-refractivity contribution in [2.45, 2.75) is 20.3 Å². The van der Waals surface area contributed by atoms with E-state index in [1.54, 1.807) is 6.92 Å². The van der Waals surface area contributed by atoms with Crippen LogP contribution in [0.2, 0.25) is 0 Å². The number of aromatic nitrogens is 2. The van der Waals surface area contributed by atoms with Gasteiger partial charge in [-0.1, -0.05) is 17.3 Å². The number of hydrogen-bond donors (Lipinski definition) is 1. The molecule has 0 unspecified atom stereocenters. The molecule has 0 aliphatic carbocycles. The lowest BCUT2D eigenvalue weighted by molar-refractivity contribution is -0.114. The molecule has 1 aromatic heterocycles. The summed E-state index contributed by atoms with van der Waals surface area (Å²) in [4.78, 5) is 15.0. The van der Waals surface area contributed by atoms with E-state index in [0.717, 1.165) is 11.3 Å². The normalized spacial score (nSPS) is 10.2. The van der Waals surface area contributed by atoms with Gasteiger partial charge in [0.05, 0.1) is 0 Å². The predicted molar refractivity (Wildman–Crippen MR) is 62.6 cm³/mol. The van der Waals surface area contributed by atoms with Crippen LogP contribution in [-0.4, -0.2) is 16.0 Å². The maximum Gasteiger partial charge on any atom is 0.223 e. The lowest BCUT2D eigenvalue weighted by Gasteiger charge is -2.02. The monoisotopic (exact) mass is 231 g/mol. The molecule has 1 N–H and O–H groups in total. The fourth-order valence-electron chi connectivity index (χ4n) is 1.50. The number of benzene rings is 1. The first kappa shape index (κ1) is 11.3. The molecule has 1 aromatic carbocycles. The van der Waals surface area contributed by atoms with Crippen LogP contribution in [0.25, 0.3) is 0 Å². The van der Waals surface area contributed by atoms with Crippen LogP contribution in [0.5, 0.6) is 0 Å². The molecular formula is C12H13N3O2. The third-order valence-electron chi connectivity index (χ3n) is 2.21. The van der Waals surface area contributed by atoms with Crippen LogP contribution < -0.4 is 5.32 Å². The molecule has 0 bridgehead atoms. The second kappa shape index (κ2) is 4.78. The third kappa shape index (κ3) is 3.14. The second-order valence-electron chi connectivity index (χ2n) is 3.78. The van der Waals surface area contributed by atoms with Crippen LogP contribution >= 0.6 is 0 Å². The summed E-state index contributed by atoms with van der Waals surface area (Å²) in [5, 5.41) is 6.54. The number of aryl methyl sites for hydroxylation is 1. The van der Waals surface area contributed by atoms with Crippen LogP contribution in [0.15, 0.2) is 28.8 Å². The molecule has 0 spiro atoms. The van der Waals surface area contributed by atoms with E-state index >= 15 is 0 Å². The lowest BCUT2D eigenvalue weighted by Crippen LogP contribution is -2.05. The Balaban J connectivity index is 2.05. The van der Waals surface area contributed by atoms with Crippen molar-refractivity contribution in [3.8, 4) is 0 Å². The Labute approximate surface area is 98.8 Å². The van der Waals surface area contributed by atoms with Gasteiger partial charge in [-0.05, 0) is 17.7 Å². The van der Waals surface area contributed by atoms with Crippen molar-refractivity contribution >= 4 is 11.6 Å².